The smallest absolute Gasteiger partial charge is 0.399 e. The van der Waals surface area contributed by atoms with Crippen molar-refractivity contribution in [2.75, 3.05) is 45.2 Å². The van der Waals surface area contributed by atoms with Gasteiger partial charge in [-0.2, -0.15) is 0 Å². The molecule has 1 aromatic carbocycles. The SMILES string of the molecule is CN(C)CC1CN(c2ccc(B3OC(C)(C)C(C)(C)O3)cc2)CCO1. The Morgan fingerprint density at radius 1 is 1.08 bits per heavy atom. The fraction of sp³-hybridized carbons (Fsp3) is 0.684. The number of anilines is 1. The molecule has 5 nitrogen and oxygen atoms in total. The topological polar surface area (TPSA) is 34.2 Å². The number of hydrogen-bond donors (Lipinski definition) is 0. The zero-order valence-corrected chi connectivity index (χ0v) is 16.4. The van der Waals surface area contributed by atoms with Gasteiger partial charge < -0.3 is 23.8 Å². The minimum atomic E-state index is -0.306. The molecule has 0 saturated carbocycles. The first-order valence-electron chi connectivity index (χ1n) is 9.15. The zero-order chi connectivity index (χ0) is 18.2. The zero-order valence-electron chi connectivity index (χ0n) is 16.4. The van der Waals surface area contributed by atoms with Crippen LogP contribution >= 0.6 is 0 Å². The van der Waals surface area contributed by atoms with Crippen LogP contribution in [0.4, 0.5) is 5.69 Å². The average molecular weight is 346 g/mol. The Morgan fingerprint density at radius 3 is 2.24 bits per heavy atom. The van der Waals surface area contributed by atoms with Crippen LogP contribution in [0.2, 0.25) is 0 Å². The Balaban J connectivity index is 1.67. The Bertz CT molecular complexity index is 573. The van der Waals surface area contributed by atoms with E-state index >= 15 is 0 Å². The summed E-state index contributed by atoms with van der Waals surface area (Å²) in [6.07, 6.45) is 0.256. The highest BCUT2D eigenvalue weighted by atomic mass is 16.7. The molecule has 2 fully saturated rings. The monoisotopic (exact) mass is 346 g/mol. The number of nitrogens with zero attached hydrogens (tertiary/aromatic N) is 2. The van der Waals surface area contributed by atoms with Crippen LogP contribution in [0, 0.1) is 0 Å². The lowest BCUT2D eigenvalue weighted by Crippen LogP contribution is -2.46. The first-order chi connectivity index (χ1) is 11.7. The molecule has 0 amide bonds. The third-order valence-electron chi connectivity index (χ3n) is 5.49. The summed E-state index contributed by atoms with van der Waals surface area (Å²) in [5.74, 6) is 0. The van der Waals surface area contributed by atoms with Crippen molar-refractivity contribution in [3.63, 3.8) is 0 Å². The molecule has 0 spiro atoms. The van der Waals surface area contributed by atoms with Gasteiger partial charge in [-0.1, -0.05) is 12.1 Å². The molecule has 0 radical (unpaired) electrons. The molecular weight excluding hydrogens is 315 g/mol. The summed E-state index contributed by atoms with van der Waals surface area (Å²) in [6, 6.07) is 8.57. The highest BCUT2D eigenvalue weighted by Crippen LogP contribution is 2.36. The van der Waals surface area contributed by atoms with Gasteiger partial charge in [0.2, 0.25) is 0 Å². The van der Waals surface area contributed by atoms with E-state index < -0.39 is 0 Å². The van der Waals surface area contributed by atoms with Gasteiger partial charge in [0, 0.05) is 25.3 Å². The summed E-state index contributed by atoms with van der Waals surface area (Å²) in [5.41, 5.74) is 1.69. The predicted molar refractivity (Wildman–Crippen MR) is 103 cm³/mol. The van der Waals surface area contributed by atoms with E-state index in [0.29, 0.717) is 0 Å². The summed E-state index contributed by atoms with van der Waals surface area (Å²) < 4.78 is 18.1. The number of hydrogen-bond acceptors (Lipinski definition) is 5. The van der Waals surface area contributed by atoms with Crippen LogP contribution in [0.1, 0.15) is 27.7 Å². The number of rotatable bonds is 4. The predicted octanol–water partition coefficient (Wildman–Crippen LogP) is 1.75. The van der Waals surface area contributed by atoms with Gasteiger partial charge >= 0.3 is 7.12 Å². The Kier molecular flexibility index (Phi) is 5.17. The first kappa shape index (κ1) is 18.7. The minimum Gasteiger partial charge on any atom is -0.399 e. The van der Waals surface area contributed by atoms with Crippen molar-refractivity contribution in [3.05, 3.63) is 24.3 Å². The highest BCUT2D eigenvalue weighted by molar-refractivity contribution is 6.62. The molecule has 1 aromatic rings. The molecule has 2 saturated heterocycles. The second kappa shape index (κ2) is 6.91. The standard InChI is InChI=1S/C19H31BN2O3/c1-18(2)19(3,4)25-20(24-18)15-7-9-16(10-8-15)22-11-12-23-17(14-22)13-21(5)6/h7-10,17H,11-14H2,1-6H3. The van der Waals surface area contributed by atoms with Crippen molar-refractivity contribution in [3.8, 4) is 0 Å². The Hall–Kier alpha value is -1.08. The number of likely N-dealkylation sites (N-methyl/N-ethyl adjacent to an activating group) is 1. The van der Waals surface area contributed by atoms with Gasteiger partial charge in [0.15, 0.2) is 0 Å². The van der Waals surface area contributed by atoms with Crippen molar-refractivity contribution in [1.82, 2.24) is 4.90 Å². The molecule has 1 unspecified atom stereocenters. The van der Waals surface area contributed by atoms with E-state index in [0.717, 1.165) is 31.7 Å². The van der Waals surface area contributed by atoms with Gasteiger partial charge in [-0.3, -0.25) is 0 Å². The molecule has 0 aliphatic carbocycles. The van der Waals surface area contributed by atoms with Crippen molar-refractivity contribution < 1.29 is 14.0 Å². The number of morpholine rings is 1. The molecule has 0 N–H and O–H groups in total. The van der Waals surface area contributed by atoms with Gasteiger partial charge in [0.1, 0.15) is 0 Å². The molecule has 0 bridgehead atoms. The lowest BCUT2D eigenvalue weighted by atomic mass is 9.79. The molecule has 25 heavy (non-hydrogen) atoms. The molecule has 0 aromatic heterocycles. The maximum absolute atomic E-state index is 6.13. The lowest BCUT2D eigenvalue weighted by molar-refractivity contribution is 0.00578. The number of ether oxygens (including phenoxy) is 1. The summed E-state index contributed by atoms with van der Waals surface area (Å²) in [5, 5.41) is 0. The van der Waals surface area contributed by atoms with Gasteiger partial charge in [-0.05, 0) is 59.4 Å². The van der Waals surface area contributed by atoms with Crippen LogP contribution in [-0.2, 0) is 14.0 Å². The van der Waals surface area contributed by atoms with E-state index in [4.69, 9.17) is 14.0 Å². The van der Waals surface area contributed by atoms with Crippen LogP contribution in [0.25, 0.3) is 0 Å². The quantitative estimate of drug-likeness (QED) is 0.776. The minimum absolute atomic E-state index is 0.256. The normalized spacial score (nSPS) is 25.6. The molecule has 6 heteroatoms. The summed E-state index contributed by atoms with van der Waals surface area (Å²) in [7, 11) is 3.87. The molecule has 1 atom stereocenters. The Labute approximate surface area is 152 Å². The van der Waals surface area contributed by atoms with Gasteiger partial charge in [0.05, 0.1) is 23.9 Å². The van der Waals surface area contributed by atoms with Crippen LogP contribution < -0.4 is 10.4 Å². The average Bonchev–Trinajstić information content (AvgIpc) is 2.75. The van der Waals surface area contributed by atoms with Crippen molar-refractivity contribution in [2.45, 2.75) is 45.0 Å². The molecule has 2 aliphatic heterocycles. The van der Waals surface area contributed by atoms with Crippen LogP contribution in [0.5, 0.6) is 0 Å². The maximum atomic E-state index is 6.13. The number of benzene rings is 1. The van der Waals surface area contributed by atoms with E-state index in [1.807, 2.05) is 0 Å². The molecule has 2 heterocycles. The van der Waals surface area contributed by atoms with E-state index in [-0.39, 0.29) is 24.4 Å². The fourth-order valence-corrected chi connectivity index (χ4v) is 3.29. The van der Waals surface area contributed by atoms with Crippen molar-refractivity contribution in [2.24, 2.45) is 0 Å². The first-order valence-corrected chi connectivity index (χ1v) is 9.15. The maximum Gasteiger partial charge on any atom is 0.494 e. The van der Waals surface area contributed by atoms with Crippen molar-refractivity contribution in [1.29, 1.82) is 0 Å². The third-order valence-corrected chi connectivity index (χ3v) is 5.49. The molecule has 138 valence electrons. The highest BCUT2D eigenvalue weighted by Gasteiger charge is 2.51. The van der Waals surface area contributed by atoms with E-state index in [9.17, 15) is 0 Å². The second-order valence-corrected chi connectivity index (χ2v) is 8.38. The Morgan fingerprint density at radius 2 is 1.68 bits per heavy atom. The molecular formula is C19H31BN2O3. The van der Waals surface area contributed by atoms with Crippen LogP contribution in [-0.4, -0.2) is 69.7 Å². The molecule has 2 aliphatic rings. The molecule has 3 rings (SSSR count). The summed E-state index contributed by atoms with van der Waals surface area (Å²) >= 11 is 0. The van der Waals surface area contributed by atoms with Crippen molar-refractivity contribution >= 4 is 18.3 Å². The largest absolute Gasteiger partial charge is 0.494 e. The van der Waals surface area contributed by atoms with E-state index in [2.05, 4.69) is 75.9 Å². The van der Waals surface area contributed by atoms with Crippen LogP contribution in [0.15, 0.2) is 24.3 Å². The van der Waals surface area contributed by atoms with E-state index in [1.54, 1.807) is 0 Å². The van der Waals surface area contributed by atoms with E-state index in [1.165, 1.54) is 5.69 Å². The lowest BCUT2D eigenvalue weighted by Gasteiger charge is -2.35. The second-order valence-electron chi connectivity index (χ2n) is 8.38. The third kappa shape index (κ3) is 4.03. The summed E-state index contributed by atoms with van der Waals surface area (Å²) in [6.45, 7) is 11.9. The summed E-state index contributed by atoms with van der Waals surface area (Å²) in [4.78, 5) is 4.57. The fourth-order valence-electron chi connectivity index (χ4n) is 3.29. The van der Waals surface area contributed by atoms with Gasteiger partial charge in [0.25, 0.3) is 0 Å². The van der Waals surface area contributed by atoms with Gasteiger partial charge in [-0.25, -0.2) is 0 Å². The van der Waals surface area contributed by atoms with Crippen LogP contribution in [0.3, 0.4) is 0 Å². The van der Waals surface area contributed by atoms with Gasteiger partial charge in [-0.15, -0.1) is 0 Å².